The van der Waals surface area contributed by atoms with E-state index in [9.17, 15) is 0 Å². The Hall–Kier alpha value is -2.27. The van der Waals surface area contributed by atoms with E-state index in [1.165, 1.54) is 0 Å². The normalized spacial score (nSPS) is 11.8. The Morgan fingerprint density at radius 3 is 2.60 bits per heavy atom. The zero-order chi connectivity index (χ0) is 14.5. The van der Waals surface area contributed by atoms with Crippen molar-refractivity contribution in [3.8, 4) is 0 Å². The summed E-state index contributed by atoms with van der Waals surface area (Å²) in [5, 5.41) is 14.0. The van der Waals surface area contributed by atoms with Crippen molar-refractivity contribution in [2.24, 2.45) is 10.9 Å². The molecule has 0 atom stereocenters. The number of oxime groups is 1. The number of benzene rings is 2. The van der Waals surface area contributed by atoms with E-state index >= 15 is 0 Å². The van der Waals surface area contributed by atoms with Gasteiger partial charge in [-0.05, 0) is 17.5 Å². The van der Waals surface area contributed by atoms with Crippen LogP contribution in [0, 0.1) is 0 Å². The van der Waals surface area contributed by atoms with Crippen LogP contribution in [0.15, 0.2) is 41.6 Å². The first-order valence-electron chi connectivity index (χ1n) is 6.38. The van der Waals surface area contributed by atoms with Gasteiger partial charge in [-0.3, -0.25) is 0 Å². The molecule has 0 aliphatic rings. The van der Waals surface area contributed by atoms with Crippen LogP contribution in [0.25, 0.3) is 10.8 Å². The number of hydrogen-bond donors (Lipinski definition) is 2. The molecule has 0 fully saturated rings. The molecule has 0 radical (unpaired) electrons. The number of likely N-dealkylation sites (N-methyl/N-ethyl adjacent to an activating group) is 1. The summed E-state index contributed by atoms with van der Waals surface area (Å²) in [4.78, 5) is 2.13. The quantitative estimate of drug-likeness (QED) is 0.378. The molecule has 20 heavy (non-hydrogen) atoms. The van der Waals surface area contributed by atoms with Gasteiger partial charge in [-0.1, -0.05) is 29.4 Å². The number of fused-ring (bicyclic) bond motifs is 1. The van der Waals surface area contributed by atoms with Crippen molar-refractivity contribution in [1.29, 1.82) is 0 Å². The van der Waals surface area contributed by atoms with Gasteiger partial charge in [-0.25, -0.2) is 0 Å². The van der Waals surface area contributed by atoms with Crippen LogP contribution in [0.2, 0.25) is 0 Å². The van der Waals surface area contributed by atoms with Crippen molar-refractivity contribution < 1.29 is 9.94 Å². The summed E-state index contributed by atoms with van der Waals surface area (Å²) in [6.45, 7) is 1.45. The van der Waals surface area contributed by atoms with Crippen molar-refractivity contribution in [2.45, 2.75) is 0 Å². The zero-order valence-electron chi connectivity index (χ0n) is 11.7. The summed E-state index contributed by atoms with van der Waals surface area (Å²) in [5.41, 5.74) is 7.55. The topological polar surface area (TPSA) is 71.1 Å². The van der Waals surface area contributed by atoms with Crippen molar-refractivity contribution >= 4 is 22.3 Å². The lowest BCUT2D eigenvalue weighted by molar-refractivity contribution is 0.206. The van der Waals surface area contributed by atoms with E-state index in [0.29, 0.717) is 6.61 Å². The van der Waals surface area contributed by atoms with Gasteiger partial charge in [0, 0.05) is 37.3 Å². The molecule has 3 N–H and O–H groups in total. The Morgan fingerprint density at radius 1 is 1.25 bits per heavy atom. The smallest absolute Gasteiger partial charge is 0.170 e. The number of rotatable bonds is 5. The number of nitrogens with two attached hydrogens (primary N) is 1. The third-order valence-electron chi connectivity index (χ3n) is 3.33. The molecule has 5 nitrogen and oxygen atoms in total. The zero-order valence-corrected chi connectivity index (χ0v) is 11.7. The number of anilines is 1. The molecule has 5 heteroatoms. The predicted molar refractivity (Wildman–Crippen MR) is 81.6 cm³/mol. The van der Waals surface area contributed by atoms with E-state index < -0.39 is 0 Å². The number of amidine groups is 1. The van der Waals surface area contributed by atoms with Crippen molar-refractivity contribution in [1.82, 2.24) is 0 Å². The van der Waals surface area contributed by atoms with E-state index in [0.717, 1.165) is 28.6 Å². The third-order valence-corrected chi connectivity index (χ3v) is 3.33. The predicted octanol–water partition coefficient (Wildman–Crippen LogP) is 2.02. The number of nitrogens with zero attached hydrogens (tertiary/aromatic N) is 2. The van der Waals surface area contributed by atoms with Crippen LogP contribution < -0.4 is 10.6 Å². The number of methoxy groups -OCH3 is 1. The highest BCUT2D eigenvalue weighted by molar-refractivity contribution is 6.11. The highest BCUT2D eigenvalue weighted by atomic mass is 16.5. The van der Waals surface area contributed by atoms with Crippen LogP contribution >= 0.6 is 0 Å². The second-order valence-electron chi connectivity index (χ2n) is 4.58. The molecule has 2 rings (SSSR count). The molecule has 0 saturated carbocycles. The molecule has 106 valence electrons. The van der Waals surface area contributed by atoms with Gasteiger partial charge < -0.3 is 20.6 Å². The van der Waals surface area contributed by atoms with Crippen molar-refractivity contribution in [3.05, 3.63) is 42.0 Å². The molecule has 0 unspecified atom stereocenters. The summed E-state index contributed by atoms with van der Waals surface area (Å²) in [7, 11) is 3.71. The second-order valence-corrected chi connectivity index (χ2v) is 4.58. The molecule has 0 heterocycles. The Balaban J connectivity index is 2.54. The lowest BCUT2D eigenvalue weighted by atomic mass is 10.0. The molecule has 0 aromatic heterocycles. The fourth-order valence-corrected chi connectivity index (χ4v) is 2.24. The van der Waals surface area contributed by atoms with Gasteiger partial charge in [-0.2, -0.15) is 0 Å². The van der Waals surface area contributed by atoms with Gasteiger partial charge in [0.1, 0.15) is 0 Å². The fraction of sp³-hybridized carbons (Fsp3) is 0.267. The lowest BCUT2D eigenvalue weighted by Gasteiger charge is -2.21. The van der Waals surface area contributed by atoms with Gasteiger partial charge >= 0.3 is 0 Å². The monoisotopic (exact) mass is 273 g/mol. The minimum Gasteiger partial charge on any atom is -0.409 e. The first kappa shape index (κ1) is 14.1. The second kappa shape index (κ2) is 6.25. The Labute approximate surface area is 118 Å². The molecule has 0 amide bonds. The van der Waals surface area contributed by atoms with Gasteiger partial charge in [0.2, 0.25) is 0 Å². The average molecular weight is 273 g/mol. The summed E-state index contributed by atoms with van der Waals surface area (Å²) < 4.78 is 5.11. The SMILES string of the molecule is COCCN(C)c1ccc(/C(N)=N/O)c2ccccc12. The molecular weight excluding hydrogens is 254 g/mol. The molecule has 0 spiro atoms. The highest BCUT2D eigenvalue weighted by Crippen LogP contribution is 2.28. The number of hydrogen-bond acceptors (Lipinski definition) is 4. The maximum atomic E-state index is 8.88. The van der Waals surface area contributed by atoms with Crippen molar-refractivity contribution in [2.75, 3.05) is 32.2 Å². The number of ether oxygens (including phenoxy) is 1. The minimum atomic E-state index is 0.118. The van der Waals surface area contributed by atoms with E-state index in [1.54, 1.807) is 7.11 Å². The van der Waals surface area contributed by atoms with Crippen LogP contribution in [0.5, 0.6) is 0 Å². The van der Waals surface area contributed by atoms with Crippen LogP contribution in [-0.4, -0.2) is 38.4 Å². The molecule has 2 aromatic rings. The lowest BCUT2D eigenvalue weighted by Crippen LogP contribution is -2.22. The van der Waals surface area contributed by atoms with Crippen LogP contribution in [0.1, 0.15) is 5.56 Å². The molecule has 0 aliphatic heterocycles. The van der Waals surface area contributed by atoms with Gasteiger partial charge in [0.05, 0.1) is 6.61 Å². The standard InChI is InChI=1S/C15H19N3O2/c1-18(9-10-20-2)14-8-7-13(15(16)17-19)11-5-3-4-6-12(11)14/h3-8,19H,9-10H2,1-2H3,(H2,16,17). The first-order chi connectivity index (χ1) is 9.69. The van der Waals surface area contributed by atoms with Gasteiger partial charge in [0.25, 0.3) is 0 Å². The van der Waals surface area contributed by atoms with E-state index in [1.807, 2.05) is 43.4 Å². The van der Waals surface area contributed by atoms with Crippen LogP contribution in [0.4, 0.5) is 5.69 Å². The van der Waals surface area contributed by atoms with E-state index in [4.69, 9.17) is 15.7 Å². The van der Waals surface area contributed by atoms with Crippen molar-refractivity contribution in [3.63, 3.8) is 0 Å². The Morgan fingerprint density at radius 2 is 1.95 bits per heavy atom. The first-order valence-corrected chi connectivity index (χ1v) is 6.38. The summed E-state index contributed by atoms with van der Waals surface area (Å²) in [6, 6.07) is 11.8. The molecule has 2 aromatic carbocycles. The maximum Gasteiger partial charge on any atom is 0.170 e. The van der Waals surface area contributed by atoms with Crippen LogP contribution in [-0.2, 0) is 4.74 Å². The Kier molecular flexibility index (Phi) is 4.42. The summed E-state index contributed by atoms with van der Waals surface area (Å²) in [5.74, 6) is 0.118. The minimum absolute atomic E-state index is 0.118. The summed E-state index contributed by atoms with van der Waals surface area (Å²) >= 11 is 0. The largest absolute Gasteiger partial charge is 0.409 e. The molecule has 0 saturated heterocycles. The summed E-state index contributed by atoms with van der Waals surface area (Å²) in [6.07, 6.45) is 0. The molecular formula is C15H19N3O2. The van der Waals surface area contributed by atoms with E-state index in [-0.39, 0.29) is 5.84 Å². The average Bonchev–Trinajstić information content (AvgIpc) is 2.50. The third kappa shape index (κ3) is 2.67. The molecule has 0 aliphatic carbocycles. The van der Waals surface area contributed by atoms with Gasteiger partial charge in [0.15, 0.2) is 5.84 Å². The maximum absolute atomic E-state index is 8.88. The molecule has 0 bridgehead atoms. The fourth-order valence-electron chi connectivity index (χ4n) is 2.24. The van der Waals surface area contributed by atoms with E-state index in [2.05, 4.69) is 10.1 Å². The Bertz CT molecular complexity index is 626. The van der Waals surface area contributed by atoms with Crippen LogP contribution in [0.3, 0.4) is 0 Å². The highest BCUT2D eigenvalue weighted by Gasteiger charge is 2.11. The van der Waals surface area contributed by atoms with Gasteiger partial charge in [-0.15, -0.1) is 0 Å².